The fourth-order valence-corrected chi connectivity index (χ4v) is 4.08. The number of hydrogen-bond acceptors (Lipinski definition) is 8. The fraction of sp³-hybridized carbons (Fsp3) is 0.278. The molecule has 0 aliphatic heterocycles. The highest BCUT2D eigenvalue weighted by atomic mass is 32.2. The first-order valence-corrected chi connectivity index (χ1v) is 11.4. The summed E-state index contributed by atoms with van der Waals surface area (Å²) in [6, 6.07) is 8.02. The topological polar surface area (TPSA) is 109 Å². The zero-order valence-electron chi connectivity index (χ0n) is 16.5. The van der Waals surface area contributed by atoms with Crippen LogP contribution in [0, 0.1) is 6.92 Å². The average molecular weight is 473 g/mol. The Kier molecular flexibility index (Phi) is 6.77. The molecule has 3 aromatic rings. The van der Waals surface area contributed by atoms with E-state index in [1.165, 1.54) is 28.2 Å². The molecular weight excluding hydrogens is 453 g/mol. The van der Waals surface area contributed by atoms with Gasteiger partial charge in [0.05, 0.1) is 16.3 Å². The molecule has 0 saturated carbocycles. The molecule has 0 saturated heterocycles. The van der Waals surface area contributed by atoms with E-state index in [4.69, 9.17) is 0 Å². The highest BCUT2D eigenvalue weighted by Crippen LogP contribution is 2.32. The van der Waals surface area contributed by atoms with Crippen LogP contribution in [0.3, 0.4) is 0 Å². The van der Waals surface area contributed by atoms with Crippen LogP contribution in [0.1, 0.15) is 18.2 Å². The van der Waals surface area contributed by atoms with Gasteiger partial charge in [-0.2, -0.15) is 13.2 Å². The summed E-state index contributed by atoms with van der Waals surface area (Å²) in [5.41, 5.74) is -3.04. The van der Waals surface area contributed by atoms with Crippen molar-refractivity contribution in [3.8, 4) is 10.6 Å². The molecule has 3 rings (SSSR count). The highest BCUT2D eigenvalue weighted by molar-refractivity contribution is 7.90. The van der Waals surface area contributed by atoms with Gasteiger partial charge in [0.1, 0.15) is 0 Å². The van der Waals surface area contributed by atoms with E-state index >= 15 is 0 Å². The van der Waals surface area contributed by atoms with Crippen LogP contribution in [0.15, 0.2) is 36.5 Å². The van der Waals surface area contributed by atoms with Gasteiger partial charge < -0.3 is 10.6 Å². The number of hydrogen-bond donors (Lipinski definition) is 3. The second-order valence-electron chi connectivity index (χ2n) is 6.33. The van der Waals surface area contributed by atoms with Crippen LogP contribution in [-0.4, -0.2) is 35.4 Å². The normalized spacial score (nSPS) is 12.0. The lowest BCUT2D eigenvalue weighted by molar-refractivity contribution is -0.0448. The number of halogens is 3. The van der Waals surface area contributed by atoms with Crippen molar-refractivity contribution in [2.45, 2.75) is 25.9 Å². The Morgan fingerprint density at radius 2 is 1.94 bits per heavy atom. The maximum atomic E-state index is 12.5. The number of thiazole rings is 1. The zero-order chi connectivity index (χ0) is 22.6. The number of aryl methyl sites for hydroxylation is 1. The first-order valence-electron chi connectivity index (χ1n) is 9.05. The van der Waals surface area contributed by atoms with Crippen molar-refractivity contribution in [1.82, 2.24) is 19.7 Å². The molecule has 8 nitrogen and oxygen atoms in total. The minimum absolute atomic E-state index is 0.281. The predicted octanol–water partition coefficient (Wildman–Crippen LogP) is 4.02. The number of alkyl halides is 3. The predicted molar refractivity (Wildman–Crippen MR) is 114 cm³/mol. The van der Waals surface area contributed by atoms with E-state index in [0.717, 1.165) is 22.2 Å². The minimum atomic E-state index is -5.42. The van der Waals surface area contributed by atoms with Gasteiger partial charge >= 0.3 is 15.5 Å². The smallest absolute Gasteiger partial charge is 0.362 e. The van der Waals surface area contributed by atoms with E-state index in [9.17, 15) is 21.6 Å². The summed E-state index contributed by atoms with van der Waals surface area (Å²) in [5, 5.41) is 6.93. The summed E-state index contributed by atoms with van der Waals surface area (Å²) in [5.74, 6) is 0.281. The number of sulfonamides is 1. The lowest BCUT2D eigenvalue weighted by atomic mass is 10.2. The summed E-state index contributed by atoms with van der Waals surface area (Å²) >= 11 is 1.47. The van der Waals surface area contributed by atoms with Crippen LogP contribution in [0.2, 0.25) is 0 Å². The summed E-state index contributed by atoms with van der Waals surface area (Å²) in [6.07, 6.45) is 1.58. The number of rotatable bonds is 8. The van der Waals surface area contributed by atoms with E-state index < -0.39 is 22.1 Å². The van der Waals surface area contributed by atoms with Gasteiger partial charge in [0, 0.05) is 25.0 Å². The molecule has 31 heavy (non-hydrogen) atoms. The molecule has 0 unspecified atom stereocenters. The van der Waals surface area contributed by atoms with Crippen LogP contribution in [-0.2, 0) is 16.6 Å². The average Bonchev–Trinajstić information content (AvgIpc) is 3.07. The van der Waals surface area contributed by atoms with Gasteiger partial charge in [-0.25, -0.2) is 28.1 Å². The van der Waals surface area contributed by atoms with E-state index in [-0.39, 0.29) is 5.95 Å². The molecule has 1 aromatic carbocycles. The van der Waals surface area contributed by atoms with Crippen molar-refractivity contribution in [3.05, 3.63) is 47.8 Å². The molecule has 166 valence electrons. The van der Waals surface area contributed by atoms with E-state index in [0.29, 0.717) is 16.9 Å². The van der Waals surface area contributed by atoms with Gasteiger partial charge in [-0.3, -0.25) is 0 Å². The Labute approximate surface area is 181 Å². The van der Waals surface area contributed by atoms with Crippen molar-refractivity contribution in [1.29, 1.82) is 0 Å². The van der Waals surface area contributed by atoms with Crippen LogP contribution in [0.4, 0.5) is 29.9 Å². The number of nitrogens with one attached hydrogen (secondary N) is 3. The quantitative estimate of drug-likeness (QED) is 0.454. The SMILES string of the molecule is CCNc1nc(C)c(-c2ccnc(Nc3cccc(CNS(=O)(=O)C(F)(F)F)c3)n2)s1. The van der Waals surface area contributed by atoms with Crippen molar-refractivity contribution in [3.63, 3.8) is 0 Å². The molecule has 0 fully saturated rings. The standard InChI is InChI=1S/C18H19F3N6O2S2/c1-3-22-17-25-11(2)15(30-17)14-7-8-23-16(27-14)26-13-6-4-5-12(9-13)10-24-31(28,29)18(19,20)21/h4-9,24H,3,10H2,1-2H3,(H,22,25)(H,23,26,27). The number of nitrogens with zero attached hydrogens (tertiary/aromatic N) is 3. The second-order valence-corrected chi connectivity index (χ2v) is 9.08. The molecule has 0 atom stereocenters. The number of benzene rings is 1. The molecule has 13 heteroatoms. The minimum Gasteiger partial charge on any atom is -0.362 e. The molecule has 0 bridgehead atoms. The highest BCUT2D eigenvalue weighted by Gasteiger charge is 2.45. The third-order valence-electron chi connectivity index (χ3n) is 3.97. The lowest BCUT2D eigenvalue weighted by Crippen LogP contribution is -2.35. The van der Waals surface area contributed by atoms with Gasteiger partial charge in [-0.05, 0) is 37.6 Å². The number of aromatic nitrogens is 3. The summed E-state index contributed by atoms with van der Waals surface area (Å²) < 4.78 is 61.3. The van der Waals surface area contributed by atoms with E-state index in [2.05, 4.69) is 25.6 Å². The molecular formula is C18H19F3N6O2S2. The second kappa shape index (κ2) is 9.16. The molecule has 2 heterocycles. The molecule has 0 radical (unpaired) electrons. The maximum absolute atomic E-state index is 12.5. The Hall–Kier alpha value is -2.77. The van der Waals surface area contributed by atoms with Crippen molar-refractivity contribution < 1.29 is 21.6 Å². The van der Waals surface area contributed by atoms with Gasteiger partial charge in [-0.15, -0.1) is 0 Å². The van der Waals surface area contributed by atoms with Crippen molar-refractivity contribution in [2.75, 3.05) is 17.2 Å². The zero-order valence-corrected chi connectivity index (χ0v) is 18.1. The molecule has 0 spiro atoms. The van der Waals surface area contributed by atoms with Crippen LogP contribution >= 0.6 is 11.3 Å². The van der Waals surface area contributed by atoms with Crippen LogP contribution in [0.25, 0.3) is 10.6 Å². The molecule has 3 N–H and O–H groups in total. The van der Waals surface area contributed by atoms with Crippen molar-refractivity contribution >= 4 is 38.1 Å². The fourth-order valence-electron chi connectivity index (χ4n) is 2.55. The maximum Gasteiger partial charge on any atom is 0.511 e. The lowest BCUT2D eigenvalue weighted by Gasteiger charge is -2.11. The Bertz CT molecular complexity index is 1170. The van der Waals surface area contributed by atoms with Gasteiger partial charge in [0.15, 0.2) is 5.13 Å². The van der Waals surface area contributed by atoms with Gasteiger partial charge in [-0.1, -0.05) is 23.5 Å². The van der Waals surface area contributed by atoms with E-state index in [1.807, 2.05) is 13.8 Å². The molecule has 2 aromatic heterocycles. The monoisotopic (exact) mass is 472 g/mol. The third kappa shape index (κ3) is 5.68. The Morgan fingerprint density at radius 1 is 1.16 bits per heavy atom. The molecule has 0 aliphatic carbocycles. The van der Waals surface area contributed by atoms with E-state index in [1.54, 1.807) is 24.4 Å². The largest absolute Gasteiger partial charge is 0.511 e. The Morgan fingerprint density at radius 3 is 2.65 bits per heavy atom. The molecule has 0 amide bonds. The number of anilines is 3. The first-order chi connectivity index (χ1) is 14.6. The van der Waals surface area contributed by atoms with Gasteiger partial charge in [0.2, 0.25) is 5.95 Å². The molecule has 0 aliphatic rings. The van der Waals surface area contributed by atoms with Crippen LogP contribution < -0.4 is 15.4 Å². The summed E-state index contributed by atoms with van der Waals surface area (Å²) in [4.78, 5) is 14.0. The van der Waals surface area contributed by atoms with Crippen LogP contribution in [0.5, 0.6) is 0 Å². The third-order valence-corrected chi connectivity index (χ3v) is 6.24. The van der Waals surface area contributed by atoms with Gasteiger partial charge in [0.25, 0.3) is 0 Å². The van der Waals surface area contributed by atoms with Crippen molar-refractivity contribution in [2.24, 2.45) is 0 Å². The Balaban J connectivity index is 1.75. The summed E-state index contributed by atoms with van der Waals surface area (Å²) in [6.45, 7) is 4.10. The first kappa shape index (κ1) is 22.9. The summed E-state index contributed by atoms with van der Waals surface area (Å²) in [7, 11) is -5.42.